The molecule has 3 heteroatoms. The number of hydrogen-bond donors (Lipinski definition) is 1. The molecule has 0 amide bonds. The topological polar surface area (TPSA) is 32.7 Å². The summed E-state index contributed by atoms with van der Waals surface area (Å²) < 4.78 is 5.23. The first-order valence-electron chi connectivity index (χ1n) is 6.93. The molecule has 1 aliphatic rings. The Morgan fingerprint density at radius 3 is 3.11 bits per heavy atom. The first-order valence-corrected chi connectivity index (χ1v) is 6.93. The molecule has 0 spiro atoms. The van der Waals surface area contributed by atoms with Crippen LogP contribution in [-0.4, -0.2) is 36.2 Å². The summed E-state index contributed by atoms with van der Waals surface area (Å²) in [5.41, 5.74) is 0.931. The Balaban J connectivity index is 2.15. The molecule has 0 radical (unpaired) electrons. The minimum Gasteiger partial charge on any atom is -0.497 e. The minimum atomic E-state index is -0.463. The summed E-state index contributed by atoms with van der Waals surface area (Å²) in [6.07, 6.45) is 4.87. The van der Waals surface area contributed by atoms with Crippen molar-refractivity contribution in [2.75, 3.05) is 20.2 Å². The molecule has 0 aromatic heterocycles. The van der Waals surface area contributed by atoms with Crippen LogP contribution in [0, 0.1) is 0 Å². The van der Waals surface area contributed by atoms with E-state index in [1.54, 1.807) is 7.11 Å². The lowest BCUT2D eigenvalue weighted by atomic mass is 9.93. The van der Waals surface area contributed by atoms with Gasteiger partial charge in [0.1, 0.15) is 5.75 Å². The summed E-state index contributed by atoms with van der Waals surface area (Å²) in [6, 6.07) is 7.90. The number of aliphatic hydroxyl groups is 1. The van der Waals surface area contributed by atoms with Crippen molar-refractivity contribution >= 4 is 0 Å². The zero-order chi connectivity index (χ0) is 13.7. The number of likely N-dealkylation sites (tertiary alicyclic amines) is 1. The third-order valence-corrected chi connectivity index (χ3v) is 3.83. The van der Waals surface area contributed by atoms with Gasteiger partial charge in [-0.05, 0) is 37.1 Å². The summed E-state index contributed by atoms with van der Waals surface area (Å²) >= 11 is 0. The first-order chi connectivity index (χ1) is 9.26. The van der Waals surface area contributed by atoms with Gasteiger partial charge in [0.15, 0.2) is 0 Å². The van der Waals surface area contributed by atoms with Crippen LogP contribution >= 0.6 is 0 Å². The molecule has 0 saturated carbocycles. The van der Waals surface area contributed by atoms with Gasteiger partial charge in [-0.3, -0.25) is 4.90 Å². The summed E-state index contributed by atoms with van der Waals surface area (Å²) in [5.74, 6) is 0.794. The van der Waals surface area contributed by atoms with Crippen molar-refractivity contribution in [3.05, 3.63) is 42.5 Å². The SMILES string of the molecule is C=CCN1CCCCC1C(O)c1cccc(OC)c1. The van der Waals surface area contributed by atoms with Crippen molar-refractivity contribution in [3.63, 3.8) is 0 Å². The van der Waals surface area contributed by atoms with Crippen molar-refractivity contribution < 1.29 is 9.84 Å². The highest BCUT2D eigenvalue weighted by atomic mass is 16.5. The Morgan fingerprint density at radius 1 is 1.53 bits per heavy atom. The predicted molar refractivity (Wildman–Crippen MR) is 77.4 cm³/mol. The normalized spacial score (nSPS) is 21.9. The van der Waals surface area contributed by atoms with Gasteiger partial charge in [0.25, 0.3) is 0 Å². The fraction of sp³-hybridized carbons (Fsp3) is 0.500. The van der Waals surface area contributed by atoms with E-state index in [4.69, 9.17) is 4.74 Å². The summed E-state index contributed by atoms with van der Waals surface area (Å²) in [4.78, 5) is 2.32. The zero-order valence-corrected chi connectivity index (χ0v) is 11.6. The van der Waals surface area contributed by atoms with E-state index in [1.807, 2.05) is 30.3 Å². The van der Waals surface area contributed by atoms with Crippen molar-refractivity contribution in [1.29, 1.82) is 0 Å². The molecule has 19 heavy (non-hydrogen) atoms. The number of aliphatic hydroxyl groups excluding tert-OH is 1. The standard InChI is InChI=1S/C16H23NO2/c1-3-10-17-11-5-4-9-15(17)16(18)13-7-6-8-14(12-13)19-2/h3,6-8,12,15-16,18H,1,4-5,9-11H2,2H3. The Hall–Kier alpha value is -1.32. The third-order valence-electron chi connectivity index (χ3n) is 3.83. The second-order valence-electron chi connectivity index (χ2n) is 5.07. The van der Waals surface area contributed by atoms with Gasteiger partial charge in [-0.2, -0.15) is 0 Å². The van der Waals surface area contributed by atoms with Gasteiger partial charge >= 0.3 is 0 Å². The van der Waals surface area contributed by atoms with E-state index in [9.17, 15) is 5.11 Å². The number of ether oxygens (including phenoxy) is 1. The maximum atomic E-state index is 10.6. The Bertz CT molecular complexity index is 419. The number of piperidine rings is 1. The summed E-state index contributed by atoms with van der Waals surface area (Å²) in [7, 11) is 1.65. The molecule has 2 unspecified atom stereocenters. The molecular formula is C16H23NO2. The van der Waals surface area contributed by atoms with Crippen LogP contribution in [0.1, 0.15) is 30.9 Å². The van der Waals surface area contributed by atoms with Gasteiger partial charge in [0.05, 0.1) is 13.2 Å². The third kappa shape index (κ3) is 3.37. The van der Waals surface area contributed by atoms with Crippen molar-refractivity contribution in [3.8, 4) is 5.75 Å². The fourth-order valence-corrected chi connectivity index (χ4v) is 2.81. The van der Waals surface area contributed by atoms with Gasteiger partial charge in [0.2, 0.25) is 0 Å². The number of rotatable bonds is 5. The molecule has 1 fully saturated rings. The Morgan fingerprint density at radius 2 is 2.37 bits per heavy atom. The molecule has 0 bridgehead atoms. The van der Waals surface area contributed by atoms with E-state index in [1.165, 1.54) is 12.8 Å². The van der Waals surface area contributed by atoms with Crippen LogP contribution < -0.4 is 4.74 Å². The maximum Gasteiger partial charge on any atom is 0.119 e. The Labute approximate surface area is 115 Å². The smallest absolute Gasteiger partial charge is 0.119 e. The number of nitrogens with zero attached hydrogens (tertiary/aromatic N) is 1. The molecule has 1 aliphatic heterocycles. The fourth-order valence-electron chi connectivity index (χ4n) is 2.81. The highest BCUT2D eigenvalue weighted by Gasteiger charge is 2.28. The Kier molecular flexibility index (Phi) is 5.00. The van der Waals surface area contributed by atoms with Crippen LogP contribution in [0.4, 0.5) is 0 Å². The van der Waals surface area contributed by atoms with E-state index < -0.39 is 6.10 Å². The summed E-state index contributed by atoms with van der Waals surface area (Å²) in [6.45, 7) is 5.68. The monoisotopic (exact) mass is 261 g/mol. The van der Waals surface area contributed by atoms with E-state index in [0.717, 1.165) is 30.8 Å². The lowest BCUT2D eigenvalue weighted by molar-refractivity contribution is 0.0316. The van der Waals surface area contributed by atoms with E-state index in [0.29, 0.717) is 0 Å². The zero-order valence-electron chi connectivity index (χ0n) is 11.6. The van der Waals surface area contributed by atoms with Gasteiger partial charge in [-0.25, -0.2) is 0 Å². The highest BCUT2D eigenvalue weighted by Crippen LogP contribution is 2.30. The molecule has 2 rings (SSSR count). The average molecular weight is 261 g/mol. The maximum absolute atomic E-state index is 10.6. The predicted octanol–water partition coefficient (Wildman–Crippen LogP) is 2.77. The molecule has 1 N–H and O–H groups in total. The number of hydrogen-bond acceptors (Lipinski definition) is 3. The molecule has 1 heterocycles. The van der Waals surface area contributed by atoms with Gasteiger partial charge in [-0.15, -0.1) is 6.58 Å². The van der Waals surface area contributed by atoms with E-state index in [-0.39, 0.29) is 6.04 Å². The number of benzene rings is 1. The summed E-state index contributed by atoms with van der Waals surface area (Å²) in [5, 5.41) is 10.6. The van der Waals surface area contributed by atoms with Crippen molar-refractivity contribution in [2.45, 2.75) is 31.4 Å². The molecule has 1 aromatic carbocycles. The lowest BCUT2D eigenvalue weighted by Gasteiger charge is -2.38. The van der Waals surface area contributed by atoms with E-state index in [2.05, 4.69) is 11.5 Å². The quantitative estimate of drug-likeness (QED) is 0.827. The molecule has 1 aromatic rings. The molecule has 104 valence electrons. The molecular weight excluding hydrogens is 238 g/mol. The lowest BCUT2D eigenvalue weighted by Crippen LogP contribution is -2.43. The first kappa shape index (κ1) is 14.1. The van der Waals surface area contributed by atoms with Crippen molar-refractivity contribution in [1.82, 2.24) is 4.90 Å². The van der Waals surface area contributed by atoms with Crippen molar-refractivity contribution in [2.24, 2.45) is 0 Å². The van der Waals surface area contributed by atoms with Gasteiger partial charge in [0, 0.05) is 12.6 Å². The minimum absolute atomic E-state index is 0.179. The van der Waals surface area contributed by atoms with Crippen LogP contribution in [0.2, 0.25) is 0 Å². The molecule has 2 atom stereocenters. The highest BCUT2D eigenvalue weighted by molar-refractivity contribution is 5.30. The van der Waals surface area contributed by atoms with Crippen LogP contribution in [-0.2, 0) is 0 Å². The second kappa shape index (κ2) is 6.73. The molecule has 1 saturated heterocycles. The average Bonchev–Trinajstić information content (AvgIpc) is 2.47. The largest absolute Gasteiger partial charge is 0.497 e. The molecule has 0 aliphatic carbocycles. The van der Waals surface area contributed by atoms with E-state index >= 15 is 0 Å². The van der Waals surface area contributed by atoms with Crippen LogP contribution in [0.25, 0.3) is 0 Å². The molecule has 3 nitrogen and oxygen atoms in total. The van der Waals surface area contributed by atoms with Gasteiger partial charge < -0.3 is 9.84 Å². The van der Waals surface area contributed by atoms with Crippen LogP contribution in [0.15, 0.2) is 36.9 Å². The van der Waals surface area contributed by atoms with Gasteiger partial charge in [-0.1, -0.05) is 24.6 Å². The second-order valence-corrected chi connectivity index (χ2v) is 5.07. The van der Waals surface area contributed by atoms with Crippen LogP contribution in [0.3, 0.4) is 0 Å². The number of methoxy groups -OCH3 is 1. The van der Waals surface area contributed by atoms with Crippen LogP contribution in [0.5, 0.6) is 5.75 Å².